The molecule has 4 rings (SSSR count). The smallest absolute Gasteiger partial charge is 0.356 e. The maximum atomic E-state index is 11.3. The number of aromatic carboxylic acids is 1. The maximum absolute atomic E-state index is 11.3. The molecule has 6 nitrogen and oxygen atoms in total. The second kappa shape index (κ2) is 5.96. The van der Waals surface area contributed by atoms with Crippen molar-refractivity contribution in [3.8, 4) is 11.3 Å². The van der Waals surface area contributed by atoms with Crippen LogP contribution in [0.5, 0.6) is 0 Å². The largest absolute Gasteiger partial charge is 0.476 e. The summed E-state index contributed by atoms with van der Waals surface area (Å²) in [5, 5.41) is 13.5. The zero-order chi connectivity index (χ0) is 16.5. The predicted molar refractivity (Wildman–Crippen MR) is 91.4 cm³/mol. The molecule has 0 radical (unpaired) electrons. The average Bonchev–Trinajstić information content (AvgIpc) is 3.07. The normalized spacial score (nSPS) is 14.9. The minimum Gasteiger partial charge on any atom is -0.476 e. The summed E-state index contributed by atoms with van der Waals surface area (Å²) in [5.41, 5.74) is 2.42. The van der Waals surface area contributed by atoms with Crippen molar-refractivity contribution < 1.29 is 9.90 Å². The summed E-state index contributed by atoms with van der Waals surface area (Å²) >= 11 is 0. The summed E-state index contributed by atoms with van der Waals surface area (Å²) in [6, 6.07) is 13.4. The van der Waals surface area contributed by atoms with Crippen LogP contribution in [-0.4, -0.2) is 38.8 Å². The highest BCUT2D eigenvalue weighted by Gasteiger charge is 2.18. The fourth-order valence-corrected chi connectivity index (χ4v) is 3.17. The summed E-state index contributed by atoms with van der Waals surface area (Å²) in [7, 11) is 0. The molecule has 0 bridgehead atoms. The molecule has 0 saturated carbocycles. The number of aromatic nitrogens is 3. The van der Waals surface area contributed by atoms with Gasteiger partial charge in [0, 0.05) is 30.8 Å². The minimum absolute atomic E-state index is 0.00970. The number of nitrogens with zero attached hydrogens (tertiary/aromatic N) is 4. The van der Waals surface area contributed by atoms with Crippen LogP contribution in [0.4, 0.5) is 5.82 Å². The molecule has 0 atom stereocenters. The van der Waals surface area contributed by atoms with Gasteiger partial charge >= 0.3 is 5.97 Å². The summed E-state index contributed by atoms with van der Waals surface area (Å²) < 4.78 is 1.62. The van der Waals surface area contributed by atoms with Gasteiger partial charge in [-0.05, 0) is 19.3 Å². The second-order valence-electron chi connectivity index (χ2n) is 6.02. The molecule has 122 valence electrons. The number of carboxylic acids is 1. The first-order chi connectivity index (χ1) is 11.7. The lowest BCUT2D eigenvalue weighted by Gasteiger charge is -2.28. The topological polar surface area (TPSA) is 70.7 Å². The Labute approximate surface area is 139 Å². The molecule has 2 aromatic heterocycles. The van der Waals surface area contributed by atoms with Crippen molar-refractivity contribution in [2.75, 3.05) is 18.0 Å². The number of piperidine rings is 1. The fraction of sp³-hybridized carbons (Fsp3) is 0.278. The number of hydrogen-bond acceptors (Lipinski definition) is 4. The van der Waals surface area contributed by atoms with E-state index in [9.17, 15) is 9.90 Å². The van der Waals surface area contributed by atoms with Crippen LogP contribution >= 0.6 is 0 Å². The van der Waals surface area contributed by atoms with Gasteiger partial charge in [0.15, 0.2) is 11.3 Å². The fourth-order valence-electron chi connectivity index (χ4n) is 3.17. The van der Waals surface area contributed by atoms with E-state index >= 15 is 0 Å². The SMILES string of the molecule is O=C(O)c1cc2nc(N3CCCCC3)cc(-c3ccccc3)n2n1. The first-order valence-corrected chi connectivity index (χ1v) is 8.17. The summed E-state index contributed by atoms with van der Waals surface area (Å²) in [6.07, 6.45) is 3.57. The second-order valence-corrected chi connectivity index (χ2v) is 6.02. The van der Waals surface area contributed by atoms with E-state index in [1.165, 1.54) is 12.5 Å². The van der Waals surface area contributed by atoms with Crippen LogP contribution in [0.1, 0.15) is 29.8 Å². The molecule has 0 amide bonds. The lowest BCUT2D eigenvalue weighted by Crippen LogP contribution is -2.30. The van der Waals surface area contributed by atoms with E-state index in [0.29, 0.717) is 5.65 Å². The lowest BCUT2D eigenvalue weighted by molar-refractivity contribution is 0.0690. The van der Waals surface area contributed by atoms with Crippen LogP contribution in [0.3, 0.4) is 0 Å². The zero-order valence-electron chi connectivity index (χ0n) is 13.2. The van der Waals surface area contributed by atoms with E-state index in [1.807, 2.05) is 36.4 Å². The standard InChI is InChI=1S/C18H18N4O2/c23-18(24)14-11-17-19-16(21-9-5-2-6-10-21)12-15(22(17)20-14)13-7-3-1-4-8-13/h1,3-4,7-8,11-12H,2,5-6,9-10H2,(H,23,24). The third kappa shape index (κ3) is 2.60. The summed E-state index contributed by atoms with van der Waals surface area (Å²) in [6.45, 7) is 1.97. The molecular weight excluding hydrogens is 304 g/mol. The van der Waals surface area contributed by atoms with Crippen molar-refractivity contribution >= 4 is 17.4 Å². The van der Waals surface area contributed by atoms with Crippen molar-refractivity contribution in [2.24, 2.45) is 0 Å². The Morgan fingerprint density at radius 2 is 1.79 bits per heavy atom. The zero-order valence-corrected chi connectivity index (χ0v) is 13.2. The Hall–Kier alpha value is -2.89. The number of carboxylic acid groups (broad SMARTS) is 1. The van der Waals surface area contributed by atoms with E-state index in [2.05, 4.69) is 15.0 Å². The third-order valence-electron chi connectivity index (χ3n) is 4.38. The van der Waals surface area contributed by atoms with Gasteiger partial charge in [-0.25, -0.2) is 14.3 Å². The molecule has 0 unspecified atom stereocenters. The van der Waals surface area contributed by atoms with Gasteiger partial charge in [-0.2, -0.15) is 5.10 Å². The van der Waals surface area contributed by atoms with E-state index in [4.69, 9.17) is 0 Å². The van der Waals surface area contributed by atoms with E-state index in [1.54, 1.807) is 4.52 Å². The molecule has 0 spiro atoms. The van der Waals surface area contributed by atoms with Crippen LogP contribution in [0, 0.1) is 0 Å². The highest BCUT2D eigenvalue weighted by Crippen LogP contribution is 2.26. The van der Waals surface area contributed by atoms with Crippen LogP contribution < -0.4 is 4.90 Å². The number of rotatable bonds is 3. The molecule has 1 aromatic carbocycles. The Bertz CT molecular complexity index is 883. The molecule has 0 aliphatic carbocycles. The van der Waals surface area contributed by atoms with Gasteiger partial charge in [0.1, 0.15) is 5.82 Å². The number of hydrogen-bond donors (Lipinski definition) is 1. The molecule has 6 heteroatoms. The predicted octanol–water partition coefficient (Wildman–Crippen LogP) is 3.08. The molecule has 1 N–H and O–H groups in total. The highest BCUT2D eigenvalue weighted by molar-refractivity contribution is 5.87. The van der Waals surface area contributed by atoms with Crippen molar-refractivity contribution in [1.29, 1.82) is 0 Å². The molecule has 24 heavy (non-hydrogen) atoms. The number of fused-ring (bicyclic) bond motifs is 1. The van der Waals surface area contributed by atoms with Crippen molar-refractivity contribution in [1.82, 2.24) is 14.6 Å². The van der Waals surface area contributed by atoms with Gasteiger partial charge in [-0.3, -0.25) is 0 Å². The van der Waals surface area contributed by atoms with Gasteiger partial charge in [0.05, 0.1) is 5.69 Å². The van der Waals surface area contributed by atoms with E-state index < -0.39 is 5.97 Å². The van der Waals surface area contributed by atoms with E-state index in [0.717, 1.165) is 43.0 Å². The first kappa shape index (κ1) is 14.7. The first-order valence-electron chi connectivity index (χ1n) is 8.17. The molecule has 3 heterocycles. The van der Waals surface area contributed by atoms with E-state index in [-0.39, 0.29) is 5.69 Å². The highest BCUT2D eigenvalue weighted by atomic mass is 16.4. The molecule has 1 saturated heterocycles. The van der Waals surface area contributed by atoms with Gasteiger partial charge < -0.3 is 10.0 Å². The third-order valence-corrected chi connectivity index (χ3v) is 4.38. The Morgan fingerprint density at radius 3 is 2.50 bits per heavy atom. The van der Waals surface area contributed by atoms with Crippen LogP contribution in [0.2, 0.25) is 0 Å². The van der Waals surface area contributed by atoms with Crippen molar-refractivity contribution in [2.45, 2.75) is 19.3 Å². The Morgan fingerprint density at radius 1 is 1.04 bits per heavy atom. The number of benzene rings is 1. The Kier molecular flexibility index (Phi) is 3.65. The van der Waals surface area contributed by atoms with Crippen LogP contribution in [0.25, 0.3) is 16.9 Å². The minimum atomic E-state index is -1.04. The lowest BCUT2D eigenvalue weighted by atomic mass is 10.1. The maximum Gasteiger partial charge on any atom is 0.356 e. The van der Waals surface area contributed by atoms with Gasteiger partial charge in [-0.15, -0.1) is 0 Å². The molecule has 1 aliphatic heterocycles. The molecule has 1 aliphatic rings. The summed E-state index contributed by atoms with van der Waals surface area (Å²) in [5.74, 6) is -0.156. The van der Waals surface area contributed by atoms with Gasteiger partial charge in [0.2, 0.25) is 0 Å². The number of carbonyl (C=O) groups is 1. The van der Waals surface area contributed by atoms with Crippen molar-refractivity contribution in [3.63, 3.8) is 0 Å². The number of anilines is 1. The quantitative estimate of drug-likeness (QED) is 0.802. The molecule has 1 fully saturated rings. The molecular formula is C18H18N4O2. The van der Waals surface area contributed by atoms with Gasteiger partial charge in [0.25, 0.3) is 0 Å². The molecule has 3 aromatic rings. The van der Waals surface area contributed by atoms with Crippen molar-refractivity contribution in [3.05, 3.63) is 48.2 Å². The monoisotopic (exact) mass is 322 g/mol. The van der Waals surface area contributed by atoms with Crippen LogP contribution in [-0.2, 0) is 0 Å². The van der Waals surface area contributed by atoms with Gasteiger partial charge in [-0.1, -0.05) is 30.3 Å². The summed E-state index contributed by atoms with van der Waals surface area (Å²) in [4.78, 5) is 18.2. The average molecular weight is 322 g/mol. The Balaban J connectivity index is 1.91. The van der Waals surface area contributed by atoms with Crippen LogP contribution in [0.15, 0.2) is 42.5 Å².